The average molecular weight is 685 g/mol. The van der Waals surface area contributed by atoms with Crippen LogP contribution >= 0.6 is 0 Å². The van der Waals surface area contributed by atoms with Crippen LogP contribution in [-0.2, 0) is 28.8 Å². The summed E-state index contributed by atoms with van der Waals surface area (Å²) in [6.07, 6.45) is 1.81. The van der Waals surface area contributed by atoms with Gasteiger partial charge in [-0.25, -0.2) is 0 Å². The Hall–Kier alpha value is -4.68. The monoisotopic (exact) mass is 684 g/mol. The number of nitrogens with one attached hydrogen (secondary N) is 4. The van der Waals surface area contributed by atoms with E-state index in [1.54, 1.807) is 0 Å². The predicted molar refractivity (Wildman–Crippen MR) is 181 cm³/mol. The number of rotatable bonds is 25. The van der Waals surface area contributed by atoms with Gasteiger partial charge < -0.3 is 60.8 Å². The summed E-state index contributed by atoms with van der Waals surface area (Å²) in [6.45, 7) is 5.77. The van der Waals surface area contributed by atoms with Gasteiger partial charge in [-0.3, -0.25) is 38.8 Å². The number of carboxylic acids is 1. The van der Waals surface area contributed by atoms with Crippen LogP contribution in [0.5, 0.6) is 0 Å². The molecule has 0 radical (unpaired) electrons. The van der Waals surface area contributed by atoms with Gasteiger partial charge in [0.2, 0.25) is 29.5 Å². The molecular formula is C29H56N12O7. The number of aliphatic imine (C=N–C) groups is 2. The molecule has 48 heavy (non-hydrogen) atoms. The second-order valence-corrected chi connectivity index (χ2v) is 12.0. The third-order valence-electron chi connectivity index (χ3n) is 7.03. The smallest absolute Gasteiger partial charge is 0.304 e. The first-order chi connectivity index (χ1) is 22.5. The summed E-state index contributed by atoms with van der Waals surface area (Å²) in [5.41, 5.74) is 32.5. The van der Waals surface area contributed by atoms with Gasteiger partial charge in [0.15, 0.2) is 11.9 Å². The van der Waals surface area contributed by atoms with Gasteiger partial charge in [-0.15, -0.1) is 0 Å². The summed E-state index contributed by atoms with van der Waals surface area (Å²) in [5, 5.41) is 19.6. The fourth-order valence-electron chi connectivity index (χ4n) is 4.51. The molecule has 0 saturated heterocycles. The first kappa shape index (κ1) is 43.3. The lowest BCUT2D eigenvalue weighted by Crippen LogP contribution is -2.58. The van der Waals surface area contributed by atoms with E-state index in [-0.39, 0.29) is 69.5 Å². The second kappa shape index (κ2) is 23.6. The number of hydrogen-bond donors (Lipinski definition) is 11. The van der Waals surface area contributed by atoms with Crippen molar-refractivity contribution in [2.75, 3.05) is 19.6 Å². The van der Waals surface area contributed by atoms with Crippen LogP contribution in [0.4, 0.5) is 0 Å². The summed E-state index contributed by atoms with van der Waals surface area (Å²) < 4.78 is 0. The van der Waals surface area contributed by atoms with E-state index in [0.29, 0.717) is 19.4 Å². The number of carboxylic acid groups (broad SMARTS) is 1. The van der Waals surface area contributed by atoms with E-state index in [2.05, 4.69) is 31.3 Å². The zero-order valence-corrected chi connectivity index (χ0v) is 28.2. The summed E-state index contributed by atoms with van der Waals surface area (Å²) in [4.78, 5) is 84.1. The fraction of sp³-hybridized carbons (Fsp3) is 0.724. The SMILES string of the molecule is CC(C)C[C@H](NC(=O)[C@H](CCCN=C(N)N)NC(=O)[C@@H](C)CC(=O)O)C(=O)N[C@@H](CCCN=C(N)N)C(=O)N[C@@H](CCCCN)C(N)=O. The van der Waals surface area contributed by atoms with E-state index < -0.39 is 72.0 Å². The van der Waals surface area contributed by atoms with Gasteiger partial charge in [-0.2, -0.15) is 0 Å². The van der Waals surface area contributed by atoms with E-state index in [1.165, 1.54) is 6.92 Å². The summed E-state index contributed by atoms with van der Waals surface area (Å²) in [7, 11) is 0. The lowest BCUT2D eigenvalue weighted by molar-refractivity contribution is -0.141. The van der Waals surface area contributed by atoms with Crippen molar-refractivity contribution < 1.29 is 33.9 Å². The molecule has 274 valence electrons. The highest BCUT2D eigenvalue weighted by Gasteiger charge is 2.32. The molecular weight excluding hydrogens is 628 g/mol. The number of aliphatic carboxylic acids is 1. The molecule has 0 aromatic rings. The van der Waals surface area contributed by atoms with Crippen LogP contribution in [-0.4, -0.2) is 96.3 Å². The van der Waals surface area contributed by atoms with Crippen molar-refractivity contribution in [2.24, 2.45) is 56.2 Å². The predicted octanol–water partition coefficient (Wildman–Crippen LogP) is -3.20. The Bertz CT molecular complexity index is 1120. The van der Waals surface area contributed by atoms with Crippen molar-refractivity contribution in [1.82, 2.24) is 21.3 Å². The molecule has 0 aliphatic heterocycles. The van der Waals surface area contributed by atoms with Gasteiger partial charge in [0, 0.05) is 19.0 Å². The highest BCUT2D eigenvalue weighted by molar-refractivity contribution is 5.95. The number of carbonyl (C=O) groups excluding carboxylic acids is 5. The molecule has 19 heteroatoms. The maximum absolute atomic E-state index is 13.6. The number of hydrogen-bond acceptors (Lipinski definition) is 9. The van der Waals surface area contributed by atoms with Gasteiger partial charge in [0.05, 0.1) is 6.42 Å². The van der Waals surface area contributed by atoms with Gasteiger partial charge in [0.1, 0.15) is 24.2 Å². The number of carbonyl (C=O) groups is 6. The lowest BCUT2D eigenvalue weighted by atomic mass is 10.0. The minimum Gasteiger partial charge on any atom is -0.481 e. The normalized spacial score (nSPS) is 13.9. The Morgan fingerprint density at radius 2 is 1.02 bits per heavy atom. The zero-order valence-electron chi connectivity index (χ0n) is 28.2. The minimum atomic E-state index is -1.19. The van der Waals surface area contributed by atoms with Gasteiger partial charge in [-0.05, 0) is 63.8 Å². The van der Waals surface area contributed by atoms with Crippen LogP contribution in [0, 0.1) is 11.8 Å². The number of unbranched alkanes of at least 4 members (excludes halogenated alkanes) is 1. The maximum Gasteiger partial charge on any atom is 0.304 e. The molecule has 17 N–H and O–H groups in total. The molecule has 0 aliphatic rings. The number of guanidine groups is 2. The number of primary amides is 1. The minimum absolute atomic E-state index is 0.0681. The second-order valence-electron chi connectivity index (χ2n) is 12.0. The maximum atomic E-state index is 13.6. The summed E-state index contributed by atoms with van der Waals surface area (Å²) in [6, 6.07) is -4.45. The van der Waals surface area contributed by atoms with Crippen molar-refractivity contribution >= 4 is 47.4 Å². The molecule has 19 nitrogen and oxygen atoms in total. The molecule has 0 spiro atoms. The molecule has 0 unspecified atom stereocenters. The van der Waals surface area contributed by atoms with Crippen molar-refractivity contribution in [3.05, 3.63) is 0 Å². The Balaban J connectivity index is 6.09. The first-order valence-corrected chi connectivity index (χ1v) is 16.0. The Morgan fingerprint density at radius 3 is 1.44 bits per heavy atom. The van der Waals surface area contributed by atoms with Crippen LogP contribution in [0.3, 0.4) is 0 Å². The van der Waals surface area contributed by atoms with E-state index in [4.69, 9.17) is 39.5 Å². The highest BCUT2D eigenvalue weighted by Crippen LogP contribution is 2.11. The largest absolute Gasteiger partial charge is 0.481 e. The van der Waals surface area contributed by atoms with Gasteiger partial charge >= 0.3 is 5.97 Å². The van der Waals surface area contributed by atoms with E-state index in [0.717, 1.165) is 0 Å². The molecule has 0 aliphatic carbocycles. The molecule has 5 atom stereocenters. The molecule has 0 aromatic heterocycles. The Kier molecular flexibility index (Phi) is 21.3. The third-order valence-corrected chi connectivity index (χ3v) is 7.03. The molecule has 0 aromatic carbocycles. The van der Waals surface area contributed by atoms with Crippen molar-refractivity contribution in [3.63, 3.8) is 0 Å². The van der Waals surface area contributed by atoms with Crippen LogP contribution in [0.2, 0.25) is 0 Å². The molecule has 0 heterocycles. The first-order valence-electron chi connectivity index (χ1n) is 16.0. The van der Waals surface area contributed by atoms with Crippen molar-refractivity contribution in [3.8, 4) is 0 Å². The van der Waals surface area contributed by atoms with Crippen LogP contribution in [0.15, 0.2) is 9.98 Å². The van der Waals surface area contributed by atoms with Crippen LogP contribution < -0.4 is 55.7 Å². The summed E-state index contributed by atoms with van der Waals surface area (Å²) in [5.74, 6) is -6.01. The number of nitrogens with zero attached hydrogens (tertiary/aromatic N) is 2. The topological polar surface area (TPSA) is 352 Å². The highest BCUT2D eigenvalue weighted by atomic mass is 16.4. The molecule has 5 amide bonds. The Morgan fingerprint density at radius 1 is 0.604 bits per heavy atom. The van der Waals surface area contributed by atoms with E-state index in [1.807, 2.05) is 13.8 Å². The fourth-order valence-corrected chi connectivity index (χ4v) is 4.51. The van der Waals surface area contributed by atoms with Gasteiger partial charge in [-0.1, -0.05) is 20.8 Å². The Labute approximate surface area is 281 Å². The number of nitrogens with two attached hydrogens (primary N) is 6. The van der Waals surface area contributed by atoms with Crippen LogP contribution in [0.1, 0.15) is 78.6 Å². The molecule has 0 rings (SSSR count). The van der Waals surface area contributed by atoms with Crippen molar-refractivity contribution in [2.45, 2.75) is 103 Å². The third kappa shape index (κ3) is 19.7. The molecule has 0 saturated carbocycles. The quantitative estimate of drug-likeness (QED) is 0.0257. The van der Waals surface area contributed by atoms with Crippen molar-refractivity contribution in [1.29, 1.82) is 0 Å². The van der Waals surface area contributed by atoms with Crippen LogP contribution in [0.25, 0.3) is 0 Å². The zero-order chi connectivity index (χ0) is 36.8. The standard InChI is InChI=1S/C29H56N12O7/c1-16(2)14-21(41-26(47)19(9-6-12-36-28(32)33)39-24(45)17(3)15-22(42)43)27(48)40-20(10-7-13-37-29(34)35)25(46)38-18(23(31)44)8-4-5-11-30/h16-21H,4-15,30H2,1-3H3,(H2,31,44)(H,38,46)(H,39,45)(H,40,48)(H,41,47)(H,42,43)(H4,32,33,36)(H4,34,35,37)/t17-,18-,19-,20-,21-/m0/s1. The number of amides is 5. The molecule has 0 bridgehead atoms. The van der Waals surface area contributed by atoms with Gasteiger partial charge in [0.25, 0.3) is 0 Å². The van der Waals surface area contributed by atoms with E-state index in [9.17, 15) is 28.8 Å². The molecule has 0 fully saturated rings. The average Bonchev–Trinajstić information content (AvgIpc) is 2.98. The lowest BCUT2D eigenvalue weighted by Gasteiger charge is -2.27. The summed E-state index contributed by atoms with van der Waals surface area (Å²) >= 11 is 0. The van der Waals surface area contributed by atoms with E-state index >= 15 is 0 Å².